The summed E-state index contributed by atoms with van der Waals surface area (Å²) in [5, 5.41) is 14.2. The summed E-state index contributed by atoms with van der Waals surface area (Å²) in [5.41, 5.74) is -0.506. The number of aryl methyl sites for hydroxylation is 1. The van der Waals surface area contributed by atoms with Crippen molar-refractivity contribution in [2.45, 2.75) is 59.2 Å². The maximum atomic E-state index is 12.1. The van der Waals surface area contributed by atoms with Gasteiger partial charge in [0.05, 0.1) is 6.54 Å². The standard InChI is InChI=1S/C18H35N7O2/c1-13(2)14(22-17(26)27-18(3,4)5)9-10-24(7)16(19-6)20-11-15-23-21-12-25(15)8/h12-14H,9-11H2,1-8H3,(H,19,20)(H,22,26). The van der Waals surface area contributed by atoms with E-state index in [9.17, 15) is 4.79 Å². The molecule has 0 aliphatic rings. The molecule has 0 fully saturated rings. The van der Waals surface area contributed by atoms with E-state index in [2.05, 4.69) is 39.7 Å². The van der Waals surface area contributed by atoms with Crippen molar-refractivity contribution in [1.29, 1.82) is 0 Å². The number of aromatic nitrogens is 3. The molecule has 154 valence electrons. The van der Waals surface area contributed by atoms with Gasteiger partial charge in [0.2, 0.25) is 0 Å². The molecule has 0 aliphatic carbocycles. The fraction of sp³-hybridized carbons (Fsp3) is 0.778. The summed E-state index contributed by atoms with van der Waals surface area (Å²) in [4.78, 5) is 18.4. The highest BCUT2D eigenvalue weighted by atomic mass is 16.6. The lowest BCUT2D eigenvalue weighted by atomic mass is 10.0. The van der Waals surface area contributed by atoms with Crippen molar-refractivity contribution in [3.05, 3.63) is 12.2 Å². The smallest absolute Gasteiger partial charge is 0.407 e. The number of carbonyl (C=O) groups is 1. The molecule has 0 aliphatic heterocycles. The van der Waals surface area contributed by atoms with Crippen LogP contribution >= 0.6 is 0 Å². The predicted octanol–water partition coefficient (Wildman–Crippen LogP) is 1.76. The number of alkyl carbamates (subject to hydrolysis) is 1. The third-order valence-electron chi connectivity index (χ3n) is 4.07. The lowest BCUT2D eigenvalue weighted by Gasteiger charge is -2.28. The van der Waals surface area contributed by atoms with Gasteiger partial charge in [0.25, 0.3) is 0 Å². The molecule has 0 spiro atoms. The van der Waals surface area contributed by atoms with Crippen molar-refractivity contribution in [3.8, 4) is 0 Å². The lowest BCUT2D eigenvalue weighted by Crippen LogP contribution is -2.45. The van der Waals surface area contributed by atoms with Gasteiger partial charge in [-0.1, -0.05) is 13.8 Å². The van der Waals surface area contributed by atoms with Gasteiger partial charge in [-0.25, -0.2) is 4.79 Å². The number of guanidine groups is 1. The summed E-state index contributed by atoms with van der Waals surface area (Å²) in [6, 6.07) is 0.0131. The number of amides is 1. The van der Waals surface area contributed by atoms with E-state index in [4.69, 9.17) is 4.74 Å². The minimum atomic E-state index is -0.506. The molecular weight excluding hydrogens is 346 g/mol. The van der Waals surface area contributed by atoms with Gasteiger partial charge in [-0.2, -0.15) is 0 Å². The number of rotatable bonds is 7. The Morgan fingerprint density at radius 2 is 2.07 bits per heavy atom. The summed E-state index contributed by atoms with van der Waals surface area (Å²) in [6.07, 6.45) is 2.06. The molecule has 0 aromatic carbocycles. The van der Waals surface area contributed by atoms with Crippen molar-refractivity contribution >= 4 is 12.1 Å². The zero-order valence-corrected chi connectivity index (χ0v) is 17.9. The molecule has 1 rings (SSSR count). The third-order valence-corrected chi connectivity index (χ3v) is 4.07. The minimum absolute atomic E-state index is 0.0131. The predicted molar refractivity (Wildman–Crippen MR) is 106 cm³/mol. The van der Waals surface area contributed by atoms with E-state index in [1.54, 1.807) is 13.4 Å². The quantitative estimate of drug-likeness (QED) is 0.552. The van der Waals surface area contributed by atoms with E-state index >= 15 is 0 Å². The monoisotopic (exact) mass is 381 g/mol. The molecule has 1 amide bonds. The largest absolute Gasteiger partial charge is 0.444 e. The highest BCUT2D eigenvalue weighted by molar-refractivity contribution is 5.79. The fourth-order valence-corrected chi connectivity index (χ4v) is 2.48. The van der Waals surface area contributed by atoms with Gasteiger partial charge in [0.15, 0.2) is 11.8 Å². The minimum Gasteiger partial charge on any atom is -0.444 e. The van der Waals surface area contributed by atoms with Gasteiger partial charge in [0, 0.05) is 33.7 Å². The number of hydrogen-bond donors (Lipinski definition) is 2. The molecule has 27 heavy (non-hydrogen) atoms. The molecule has 2 N–H and O–H groups in total. The first-order valence-electron chi connectivity index (χ1n) is 9.27. The molecule has 0 saturated carbocycles. The molecule has 9 nitrogen and oxygen atoms in total. The van der Waals surface area contributed by atoms with Gasteiger partial charge in [-0.3, -0.25) is 4.99 Å². The Morgan fingerprint density at radius 1 is 1.41 bits per heavy atom. The van der Waals surface area contributed by atoms with Crippen LogP contribution in [0.2, 0.25) is 0 Å². The van der Waals surface area contributed by atoms with E-state index in [0.29, 0.717) is 12.5 Å². The number of carbonyl (C=O) groups excluding carboxylic acids is 1. The Bertz CT molecular complexity index is 619. The maximum absolute atomic E-state index is 12.1. The van der Waals surface area contributed by atoms with Crippen LogP contribution in [0, 0.1) is 5.92 Å². The molecule has 9 heteroatoms. The topological polar surface area (TPSA) is 96.7 Å². The highest BCUT2D eigenvalue weighted by Crippen LogP contribution is 2.11. The molecule has 0 bridgehead atoms. The van der Waals surface area contributed by atoms with Crippen molar-refractivity contribution in [1.82, 2.24) is 30.3 Å². The average molecular weight is 382 g/mol. The summed E-state index contributed by atoms with van der Waals surface area (Å²) in [5.74, 6) is 1.88. The normalized spacial score (nSPS) is 13.4. The van der Waals surface area contributed by atoms with E-state index in [-0.39, 0.29) is 12.1 Å². The summed E-state index contributed by atoms with van der Waals surface area (Å²) >= 11 is 0. The van der Waals surface area contributed by atoms with Crippen molar-refractivity contribution in [2.75, 3.05) is 20.6 Å². The van der Waals surface area contributed by atoms with Crippen LogP contribution in [0.4, 0.5) is 4.79 Å². The molecule has 1 aromatic rings. The highest BCUT2D eigenvalue weighted by Gasteiger charge is 2.22. The lowest BCUT2D eigenvalue weighted by molar-refractivity contribution is 0.0486. The number of hydrogen-bond acceptors (Lipinski definition) is 5. The van der Waals surface area contributed by atoms with E-state index < -0.39 is 5.60 Å². The Balaban J connectivity index is 2.55. The maximum Gasteiger partial charge on any atom is 0.407 e. The first-order chi connectivity index (χ1) is 12.5. The van der Waals surface area contributed by atoms with Crippen LogP contribution in [0.1, 0.15) is 46.9 Å². The van der Waals surface area contributed by atoms with Gasteiger partial charge < -0.3 is 24.8 Å². The Morgan fingerprint density at radius 3 is 2.56 bits per heavy atom. The zero-order chi connectivity index (χ0) is 20.6. The van der Waals surface area contributed by atoms with Gasteiger partial charge >= 0.3 is 6.09 Å². The number of nitrogens with one attached hydrogen (secondary N) is 2. The summed E-state index contributed by atoms with van der Waals surface area (Å²) in [7, 11) is 5.62. The Hall–Kier alpha value is -2.32. The molecular formula is C18H35N7O2. The Labute approximate surface area is 162 Å². The first kappa shape index (κ1) is 22.7. The van der Waals surface area contributed by atoms with E-state index in [1.807, 2.05) is 44.3 Å². The van der Waals surface area contributed by atoms with E-state index in [1.165, 1.54) is 0 Å². The third kappa shape index (κ3) is 8.27. The second-order valence-electron chi connectivity index (χ2n) is 7.97. The van der Waals surface area contributed by atoms with Crippen LogP contribution in [0.3, 0.4) is 0 Å². The van der Waals surface area contributed by atoms with Gasteiger partial charge in [0.1, 0.15) is 11.9 Å². The zero-order valence-electron chi connectivity index (χ0n) is 17.9. The Kier molecular flexibility index (Phi) is 8.52. The first-order valence-corrected chi connectivity index (χ1v) is 9.27. The second-order valence-corrected chi connectivity index (χ2v) is 7.97. The van der Waals surface area contributed by atoms with Gasteiger partial charge in [-0.05, 0) is 33.1 Å². The van der Waals surface area contributed by atoms with Crippen LogP contribution in [0.15, 0.2) is 11.3 Å². The summed E-state index contributed by atoms with van der Waals surface area (Å²) < 4.78 is 7.23. The van der Waals surface area contributed by atoms with Crippen molar-refractivity contribution < 1.29 is 9.53 Å². The molecule has 1 heterocycles. The molecule has 1 aromatic heterocycles. The SMILES string of the molecule is CN=C(NCc1nncn1C)N(C)CCC(NC(=O)OC(C)(C)C)C(C)C. The number of nitrogens with zero attached hydrogens (tertiary/aromatic N) is 5. The summed E-state index contributed by atoms with van der Waals surface area (Å²) in [6.45, 7) is 11.0. The second kappa shape index (κ2) is 10.1. The average Bonchev–Trinajstić information content (AvgIpc) is 2.95. The van der Waals surface area contributed by atoms with Crippen LogP contribution < -0.4 is 10.6 Å². The number of aliphatic imine (C=N–C) groups is 1. The van der Waals surface area contributed by atoms with E-state index in [0.717, 1.165) is 24.7 Å². The molecule has 1 unspecified atom stereocenters. The van der Waals surface area contributed by atoms with Crippen LogP contribution in [0.5, 0.6) is 0 Å². The molecule has 0 saturated heterocycles. The molecule has 0 radical (unpaired) electrons. The van der Waals surface area contributed by atoms with Crippen molar-refractivity contribution in [3.63, 3.8) is 0 Å². The van der Waals surface area contributed by atoms with Crippen LogP contribution in [-0.4, -0.2) is 64.0 Å². The van der Waals surface area contributed by atoms with Gasteiger partial charge in [-0.15, -0.1) is 10.2 Å². The number of ether oxygens (including phenoxy) is 1. The van der Waals surface area contributed by atoms with Crippen molar-refractivity contribution in [2.24, 2.45) is 18.0 Å². The van der Waals surface area contributed by atoms with Crippen LogP contribution in [-0.2, 0) is 18.3 Å². The molecule has 1 atom stereocenters. The fourth-order valence-electron chi connectivity index (χ4n) is 2.48. The van der Waals surface area contributed by atoms with Crippen LogP contribution in [0.25, 0.3) is 0 Å².